The van der Waals surface area contributed by atoms with E-state index in [1.165, 1.54) is 16.7 Å². The van der Waals surface area contributed by atoms with Crippen molar-refractivity contribution in [1.82, 2.24) is 10.2 Å². The highest BCUT2D eigenvalue weighted by Crippen LogP contribution is 2.34. The Morgan fingerprint density at radius 1 is 1.24 bits per heavy atom. The number of nitrogens with one attached hydrogen (secondary N) is 1. The lowest BCUT2D eigenvalue weighted by Gasteiger charge is -2.22. The Morgan fingerprint density at radius 2 is 1.90 bits per heavy atom. The summed E-state index contributed by atoms with van der Waals surface area (Å²) in [6, 6.07) is 13.2. The van der Waals surface area contributed by atoms with E-state index < -0.39 is 6.04 Å². The summed E-state index contributed by atoms with van der Waals surface area (Å²) in [7, 11) is 0. The smallest absolute Gasteiger partial charge is 0.266 e. The van der Waals surface area contributed by atoms with Gasteiger partial charge in [0.05, 0.1) is 4.91 Å². The van der Waals surface area contributed by atoms with Crippen LogP contribution in [0.1, 0.15) is 18.1 Å². The normalized spacial score (nSPS) is 16.3. The fourth-order valence-electron chi connectivity index (χ4n) is 2.78. The molecule has 150 valence electrons. The molecule has 3 rings (SSSR count). The number of hydrogen-bond donors (Lipinski definition) is 2. The van der Waals surface area contributed by atoms with Gasteiger partial charge in [0, 0.05) is 11.6 Å². The van der Waals surface area contributed by atoms with Crippen molar-refractivity contribution >= 4 is 57.8 Å². The maximum absolute atomic E-state index is 12.8. The second-order valence-electron chi connectivity index (χ2n) is 6.49. The third-order valence-corrected chi connectivity index (χ3v) is 5.99. The zero-order valence-corrected chi connectivity index (χ0v) is 18.0. The molecule has 5 nitrogen and oxygen atoms in total. The van der Waals surface area contributed by atoms with Gasteiger partial charge in [0.15, 0.2) is 0 Å². The highest BCUT2D eigenvalue weighted by atomic mass is 35.5. The van der Waals surface area contributed by atoms with Crippen LogP contribution in [0.4, 0.5) is 0 Å². The average molecular weight is 447 g/mol. The van der Waals surface area contributed by atoms with Crippen LogP contribution in [-0.2, 0) is 16.0 Å². The molecule has 1 aliphatic heterocycles. The van der Waals surface area contributed by atoms with Gasteiger partial charge in [-0.1, -0.05) is 59.8 Å². The van der Waals surface area contributed by atoms with E-state index in [4.69, 9.17) is 23.8 Å². The molecular formula is C21H19ClN2O3S2. The van der Waals surface area contributed by atoms with Crippen molar-refractivity contribution in [3.05, 3.63) is 69.6 Å². The van der Waals surface area contributed by atoms with Crippen molar-refractivity contribution in [3.8, 4) is 5.75 Å². The minimum Gasteiger partial charge on any atom is -0.508 e. The number of phenolic OH excluding ortho intramolecular Hbond substituents is 1. The Bertz CT molecular complexity index is 959. The zero-order valence-electron chi connectivity index (χ0n) is 15.6. The number of rotatable bonds is 6. The fraction of sp³-hybridized carbons (Fsp3) is 0.190. The van der Waals surface area contributed by atoms with Crippen LogP contribution in [0.25, 0.3) is 6.08 Å². The predicted octanol–water partition coefficient (Wildman–Crippen LogP) is 3.99. The van der Waals surface area contributed by atoms with Gasteiger partial charge >= 0.3 is 0 Å². The fourth-order valence-corrected chi connectivity index (χ4v) is 4.33. The van der Waals surface area contributed by atoms with Crippen molar-refractivity contribution in [2.75, 3.05) is 6.54 Å². The summed E-state index contributed by atoms with van der Waals surface area (Å²) in [5.74, 6) is -0.351. The molecule has 0 aliphatic carbocycles. The van der Waals surface area contributed by atoms with E-state index in [1.807, 2.05) is 12.1 Å². The van der Waals surface area contributed by atoms with E-state index in [0.717, 1.165) is 11.1 Å². The third kappa shape index (κ3) is 5.38. The lowest BCUT2D eigenvalue weighted by Crippen LogP contribution is -2.47. The van der Waals surface area contributed by atoms with E-state index in [1.54, 1.807) is 49.4 Å². The molecule has 0 saturated carbocycles. The highest BCUT2D eigenvalue weighted by Gasteiger charge is 2.38. The Kier molecular flexibility index (Phi) is 6.95. The molecule has 1 heterocycles. The number of thioether (sulfide) groups is 1. The summed E-state index contributed by atoms with van der Waals surface area (Å²) < 4.78 is 0.358. The largest absolute Gasteiger partial charge is 0.508 e. The molecule has 1 saturated heterocycles. The molecule has 0 spiro atoms. The van der Waals surface area contributed by atoms with Gasteiger partial charge in [-0.2, -0.15) is 0 Å². The van der Waals surface area contributed by atoms with Crippen LogP contribution in [0.15, 0.2) is 53.4 Å². The summed E-state index contributed by atoms with van der Waals surface area (Å²) in [5.41, 5.74) is 1.83. The van der Waals surface area contributed by atoms with Crippen molar-refractivity contribution in [2.45, 2.75) is 19.4 Å². The molecule has 2 amide bonds. The van der Waals surface area contributed by atoms with Crippen LogP contribution in [0.5, 0.6) is 5.75 Å². The Labute approximate surface area is 183 Å². The number of hydrogen-bond acceptors (Lipinski definition) is 5. The first-order valence-electron chi connectivity index (χ1n) is 8.93. The van der Waals surface area contributed by atoms with Crippen LogP contribution in [-0.4, -0.2) is 38.7 Å². The van der Waals surface area contributed by atoms with Crippen molar-refractivity contribution in [2.24, 2.45) is 0 Å². The molecule has 1 fully saturated rings. The van der Waals surface area contributed by atoms with Gasteiger partial charge in [-0.05, 0) is 54.8 Å². The first-order chi connectivity index (χ1) is 13.8. The van der Waals surface area contributed by atoms with Crippen LogP contribution >= 0.6 is 35.6 Å². The van der Waals surface area contributed by atoms with Gasteiger partial charge in [-0.15, -0.1) is 0 Å². The zero-order chi connectivity index (χ0) is 21.0. The molecule has 29 heavy (non-hydrogen) atoms. The number of phenols is 1. The second kappa shape index (κ2) is 9.43. The monoisotopic (exact) mass is 446 g/mol. The summed E-state index contributed by atoms with van der Waals surface area (Å²) >= 11 is 12.4. The lowest BCUT2D eigenvalue weighted by molar-refractivity contribution is -0.132. The molecule has 2 N–H and O–H groups in total. The minimum absolute atomic E-state index is 0.201. The first-order valence-corrected chi connectivity index (χ1v) is 10.5. The Morgan fingerprint density at radius 3 is 2.55 bits per heavy atom. The Balaban J connectivity index is 1.60. The Hall–Kier alpha value is -2.35. The second-order valence-corrected chi connectivity index (χ2v) is 8.60. The molecule has 0 unspecified atom stereocenters. The topological polar surface area (TPSA) is 69.6 Å². The number of carbonyl (C=O) groups excluding carboxylic acids is 2. The van der Waals surface area contributed by atoms with Crippen molar-refractivity contribution in [3.63, 3.8) is 0 Å². The van der Waals surface area contributed by atoms with Gasteiger partial charge < -0.3 is 10.4 Å². The molecule has 1 aliphatic rings. The maximum atomic E-state index is 12.8. The van der Waals surface area contributed by atoms with Crippen LogP contribution < -0.4 is 5.32 Å². The first kappa shape index (κ1) is 21.4. The van der Waals surface area contributed by atoms with E-state index in [0.29, 0.717) is 27.2 Å². The molecule has 8 heteroatoms. The van der Waals surface area contributed by atoms with Gasteiger partial charge in [-0.3, -0.25) is 14.5 Å². The van der Waals surface area contributed by atoms with Crippen molar-refractivity contribution < 1.29 is 14.7 Å². The molecule has 0 radical (unpaired) electrons. The number of aromatic hydroxyl groups is 1. The molecule has 2 aromatic rings. The quantitative estimate of drug-likeness (QED) is 0.518. The maximum Gasteiger partial charge on any atom is 0.266 e. The number of halogens is 1. The molecule has 0 aromatic heterocycles. The number of thiocarbonyl (C=S) groups is 1. The van der Waals surface area contributed by atoms with Gasteiger partial charge in [0.2, 0.25) is 5.91 Å². The SMILES string of the molecule is C[C@H](C(=O)NCCc1ccc(O)cc1)N1C(=O)/C(=C/c2ccc(Cl)cc2)SC1=S. The summed E-state index contributed by atoms with van der Waals surface area (Å²) in [6.07, 6.45) is 2.36. The number of amides is 2. The van der Waals surface area contributed by atoms with Crippen LogP contribution in [0, 0.1) is 0 Å². The summed E-state index contributed by atoms with van der Waals surface area (Å²) in [5, 5.41) is 12.8. The van der Waals surface area contributed by atoms with E-state index >= 15 is 0 Å². The van der Waals surface area contributed by atoms with E-state index in [2.05, 4.69) is 5.32 Å². The van der Waals surface area contributed by atoms with E-state index in [-0.39, 0.29) is 17.6 Å². The van der Waals surface area contributed by atoms with Gasteiger partial charge in [0.1, 0.15) is 16.1 Å². The standard InChI is InChI=1S/C21H19ClN2O3S2/c1-13(19(26)23-11-10-14-4-8-17(25)9-5-14)24-20(27)18(29-21(24)28)12-15-2-6-16(22)7-3-15/h2-9,12-13,25H,10-11H2,1H3,(H,23,26)/b18-12-/t13-/m1/s1. The minimum atomic E-state index is -0.710. The average Bonchev–Trinajstić information content (AvgIpc) is 2.97. The third-order valence-electron chi connectivity index (χ3n) is 4.41. The lowest BCUT2D eigenvalue weighted by atomic mass is 10.1. The molecular weight excluding hydrogens is 428 g/mol. The summed E-state index contributed by atoms with van der Waals surface area (Å²) in [6.45, 7) is 2.08. The number of benzene rings is 2. The molecule has 1 atom stereocenters. The van der Waals surface area contributed by atoms with Crippen molar-refractivity contribution in [1.29, 1.82) is 0 Å². The molecule has 0 bridgehead atoms. The van der Waals surface area contributed by atoms with Gasteiger partial charge in [-0.25, -0.2) is 0 Å². The number of nitrogens with zero attached hydrogens (tertiary/aromatic N) is 1. The van der Waals surface area contributed by atoms with E-state index in [9.17, 15) is 14.7 Å². The highest BCUT2D eigenvalue weighted by molar-refractivity contribution is 8.26. The number of carbonyl (C=O) groups is 2. The summed E-state index contributed by atoms with van der Waals surface area (Å²) in [4.78, 5) is 27.1. The van der Waals surface area contributed by atoms with Crippen LogP contribution in [0.3, 0.4) is 0 Å². The predicted molar refractivity (Wildman–Crippen MR) is 121 cm³/mol. The van der Waals surface area contributed by atoms with Gasteiger partial charge in [0.25, 0.3) is 5.91 Å². The molecule has 2 aromatic carbocycles. The van der Waals surface area contributed by atoms with Crippen LogP contribution in [0.2, 0.25) is 5.02 Å².